The highest BCUT2D eigenvalue weighted by molar-refractivity contribution is 5.81. The van der Waals surface area contributed by atoms with Gasteiger partial charge in [0.1, 0.15) is 12.4 Å². The number of nitrogens with zero attached hydrogens (tertiary/aromatic N) is 5. The molecule has 0 saturated carbocycles. The molecule has 0 spiro atoms. The number of imidazole rings is 1. The number of para-hydroxylation sites is 2. The molecule has 2 aromatic heterocycles. The van der Waals surface area contributed by atoms with Gasteiger partial charge in [-0.1, -0.05) is 19.1 Å². The zero-order chi connectivity index (χ0) is 22.9. The molecule has 170 valence electrons. The van der Waals surface area contributed by atoms with Crippen LogP contribution < -0.4 is 10.6 Å². The summed E-state index contributed by atoms with van der Waals surface area (Å²) in [5, 5.41) is 0. The van der Waals surface area contributed by atoms with Crippen LogP contribution in [0.3, 0.4) is 0 Å². The highest BCUT2D eigenvalue weighted by Gasteiger charge is 2.31. The van der Waals surface area contributed by atoms with Gasteiger partial charge in [-0.2, -0.15) is 13.2 Å². The highest BCUT2D eigenvalue weighted by atomic mass is 19.4. The van der Waals surface area contributed by atoms with Crippen molar-refractivity contribution in [2.75, 3.05) is 31.1 Å². The number of anilines is 1. The van der Waals surface area contributed by atoms with Crippen LogP contribution in [0.2, 0.25) is 0 Å². The number of pyridine rings is 1. The summed E-state index contributed by atoms with van der Waals surface area (Å²) < 4.78 is 41.4. The van der Waals surface area contributed by atoms with E-state index in [1.165, 1.54) is 10.6 Å². The van der Waals surface area contributed by atoms with E-state index in [9.17, 15) is 22.8 Å². The summed E-state index contributed by atoms with van der Waals surface area (Å²) in [5.74, 6) is 0.287. The Bertz CT molecular complexity index is 1160. The van der Waals surface area contributed by atoms with Crippen molar-refractivity contribution in [2.45, 2.75) is 32.6 Å². The molecule has 7 nitrogen and oxygen atoms in total. The Hall–Kier alpha value is -3.30. The Labute approximate surface area is 182 Å². The molecule has 4 rings (SSSR count). The van der Waals surface area contributed by atoms with Crippen LogP contribution in [-0.2, 0) is 24.1 Å². The number of rotatable bonds is 5. The number of aryl methyl sites for hydroxylation is 1. The molecule has 3 aromatic rings. The summed E-state index contributed by atoms with van der Waals surface area (Å²) in [6, 6.07) is 9.79. The second-order valence-electron chi connectivity index (χ2n) is 7.78. The number of hydrogen-bond acceptors (Lipinski definition) is 4. The van der Waals surface area contributed by atoms with Gasteiger partial charge in [-0.15, -0.1) is 0 Å². The Morgan fingerprint density at radius 3 is 2.22 bits per heavy atom. The number of amides is 1. The third-order valence-electron chi connectivity index (χ3n) is 5.70. The topological polar surface area (TPSA) is 63.4 Å². The lowest BCUT2D eigenvalue weighted by Gasteiger charge is -2.35. The highest BCUT2D eigenvalue weighted by Crippen LogP contribution is 2.29. The van der Waals surface area contributed by atoms with Gasteiger partial charge in [-0.25, -0.2) is 9.78 Å². The van der Waals surface area contributed by atoms with E-state index in [1.807, 2.05) is 36.1 Å². The quantitative estimate of drug-likeness (QED) is 0.603. The predicted molar refractivity (Wildman–Crippen MR) is 115 cm³/mol. The zero-order valence-electron chi connectivity index (χ0n) is 17.7. The molecule has 1 saturated heterocycles. The minimum atomic E-state index is -4.42. The molecule has 3 heterocycles. The molecular formula is C22H24F3N5O2. The second kappa shape index (κ2) is 8.68. The lowest BCUT2D eigenvalue weighted by molar-refractivity contribution is -0.138. The Balaban J connectivity index is 1.44. The van der Waals surface area contributed by atoms with Crippen molar-refractivity contribution in [3.05, 3.63) is 58.6 Å². The molecule has 0 bridgehead atoms. The van der Waals surface area contributed by atoms with Crippen molar-refractivity contribution >= 4 is 22.8 Å². The van der Waals surface area contributed by atoms with Gasteiger partial charge in [0.2, 0.25) is 5.91 Å². The number of alkyl halides is 3. The van der Waals surface area contributed by atoms with Crippen LogP contribution in [0.4, 0.5) is 19.0 Å². The van der Waals surface area contributed by atoms with Gasteiger partial charge in [0.15, 0.2) is 0 Å². The summed E-state index contributed by atoms with van der Waals surface area (Å²) in [5.41, 5.74) is 0.550. The first-order chi connectivity index (χ1) is 15.3. The van der Waals surface area contributed by atoms with Crippen LogP contribution in [0.1, 0.15) is 18.9 Å². The monoisotopic (exact) mass is 447 g/mol. The Morgan fingerprint density at radius 2 is 1.66 bits per heavy atom. The second-order valence-corrected chi connectivity index (χ2v) is 7.78. The standard InChI is InChI=1S/C22H24F3N5O2/c1-2-9-29-17-5-3-4-6-18(17)30(21(29)32)15-20(31)28-12-10-27(11-13-28)19-8-7-16(14-26-19)22(23,24)25/h3-8,14H,2,9-13,15H2,1H3. The first kappa shape index (κ1) is 21.9. The van der Waals surface area contributed by atoms with E-state index in [4.69, 9.17) is 0 Å². The largest absolute Gasteiger partial charge is 0.417 e. The summed E-state index contributed by atoms with van der Waals surface area (Å²) in [7, 11) is 0. The molecule has 10 heteroatoms. The van der Waals surface area contributed by atoms with Crippen LogP contribution in [-0.4, -0.2) is 51.1 Å². The summed E-state index contributed by atoms with van der Waals surface area (Å²) >= 11 is 0. The van der Waals surface area contributed by atoms with E-state index in [2.05, 4.69) is 4.98 Å². The maximum atomic E-state index is 12.9. The molecule has 1 aromatic carbocycles. The molecule has 0 aliphatic carbocycles. The molecule has 1 aliphatic heterocycles. The van der Waals surface area contributed by atoms with E-state index < -0.39 is 11.7 Å². The fraction of sp³-hybridized carbons (Fsp3) is 0.409. The molecule has 0 N–H and O–H groups in total. The molecule has 0 unspecified atom stereocenters. The number of halogens is 3. The molecule has 0 atom stereocenters. The average molecular weight is 447 g/mol. The summed E-state index contributed by atoms with van der Waals surface area (Å²) in [6.45, 7) is 4.25. The van der Waals surface area contributed by atoms with Crippen molar-refractivity contribution in [1.29, 1.82) is 0 Å². The van der Waals surface area contributed by atoms with Gasteiger partial charge >= 0.3 is 11.9 Å². The average Bonchev–Trinajstić information content (AvgIpc) is 3.05. The summed E-state index contributed by atoms with van der Waals surface area (Å²) in [4.78, 5) is 33.3. The number of aromatic nitrogens is 3. The molecule has 1 fully saturated rings. The van der Waals surface area contributed by atoms with E-state index in [-0.39, 0.29) is 18.1 Å². The first-order valence-corrected chi connectivity index (χ1v) is 10.5. The number of piperazine rings is 1. The molecule has 1 aliphatic rings. The van der Waals surface area contributed by atoms with Gasteiger partial charge in [0.25, 0.3) is 0 Å². The third kappa shape index (κ3) is 4.21. The minimum Gasteiger partial charge on any atom is -0.353 e. The van der Waals surface area contributed by atoms with Gasteiger partial charge in [0, 0.05) is 38.9 Å². The lowest BCUT2D eigenvalue weighted by atomic mass is 10.2. The third-order valence-corrected chi connectivity index (χ3v) is 5.70. The molecule has 32 heavy (non-hydrogen) atoms. The Morgan fingerprint density at radius 1 is 1.00 bits per heavy atom. The van der Waals surface area contributed by atoms with E-state index in [0.717, 1.165) is 29.7 Å². The van der Waals surface area contributed by atoms with E-state index in [1.54, 1.807) is 9.47 Å². The smallest absolute Gasteiger partial charge is 0.353 e. The van der Waals surface area contributed by atoms with Crippen LogP contribution in [0.5, 0.6) is 0 Å². The predicted octanol–water partition coefficient (Wildman–Crippen LogP) is 2.98. The van der Waals surface area contributed by atoms with Gasteiger partial charge in [-0.3, -0.25) is 13.9 Å². The molecule has 1 amide bonds. The SMILES string of the molecule is CCCn1c(=O)n(CC(=O)N2CCN(c3ccc(C(F)(F)F)cn3)CC2)c2ccccc21. The van der Waals surface area contributed by atoms with Crippen molar-refractivity contribution in [3.63, 3.8) is 0 Å². The van der Waals surface area contributed by atoms with Crippen LogP contribution >= 0.6 is 0 Å². The molecular weight excluding hydrogens is 423 g/mol. The van der Waals surface area contributed by atoms with Crippen molar-refractivity contribution in [2.24, 2.45) is 0 Å². The van der Waals surface area contributed by atoms with Gasteiger partial charge in [0.05, 0.1) is 16.6 Å². The van der Waals surface area contributed by atoms with E-state index >= 15 is 0 Å². The van der Waals surface area contributed by atoms with E-state index in [0.29, 0.717) is 38.5 Å². The van der Waals surface area contributed by atoms with Crippen molar-refractivity contribution < 1.29 is 18.0 Å². The van der Waals surface area contributed by atoms with Crippen molar-refractivity contribution in [1.82, 2.24) is 19.0 Å². The number of carbonyl (C=O) groups is 1. The fourth-order valence-corrected chi connectivity index (χ4v) is 4.03. The lowest BCUT2D eigenvalue weighted by Crippen LogP contribution is -2.50. The number of carbonyl (C=O) groups excluding carboxylic acids is 1. The number of hydrogen-bond donors (Lipinski definition) is 0. The zero-order valence-corrected chi connectivity index (χ0v) is 17.7. The maximum Gasteiger partial charge on any atom is 0.417 e. The number of benzene rings is 1. The first-order valence-electron chi connectivity index (χ1n) is 10.5. The summed E-state index contributed by atoms with van der Waals surface area (Å²) in [6.07, 6.45) is -2.79. The van der Waals surface area contributed by atoms with Gasteiger partial charge < -0.3 is 9.80 Å². The van der Waals surface area contributed by atoms with Crippen LogP contribution in [0, 0.1) is 0 Å². The van der Waals surface area contributed by atoms with Crippen molar-refractivity contribution in [3.8, 4) is 0 Å². The molecule has 0 radical (unpaired) electrons. The van der Waals surface area contributed by atoms with Crippen LogP contribution in [0.15, 0.2) is 47.4 Å². The minimum absolute atomic E-state index is 0.0470. The normalized spacial score (nSPS) is 14.9. The number of fused-ring (bicyclic) bond motifs is 1. The maximum absolute atomic E-state index is 12.9. The Kier molecular flexibility index (Phi) is 5.94. The fourth-order valence-electron chi connectivity index (χ4n) is 4.03. The van der Waals surface area contributed by atoms with Crippen LogP contribution in [0.25, 0.3) is 11.0 Å². The van der Waals surface area contributed by atoms with Gasteiger partial charge in [-0.05, 0) is 30.7 Å².